The van der Waals surface area contributed by atoms with Crippen LogP contribution in [-0.2, 0) is 6.42 Å². The fourth-order valence-corrected chi connectivity index (χ4v) is 4.41. The summed E-state index contributed by atoms with van der Waals surface area (Å²) >= 11 is 12.9. The van der Waals surface area contributed by atoms with Gasteiger partial charge in [0.05, 0.1) is 29.2 Å². The van der Waals surface area contributed by atoms with Crippen molar-refractivity contribution < 1.29 is 4.74 Å². The van der Waals surface area contributed by atoms with Crippen molar-refractivity contribution in [2.24, 2.45) is 0 Å². The molecule has 1 aliphatic heterocycles. The normalized spacial score (nSPS) is 16.4. The standard InChI is InChI=1S/C24H22Cl2N2O/c1-16(17-6-4-3-5-7-17)28-11-10-18-8-9-19(29-2)12-20(18)24(28)13-21-22(25)14-27-15-23(21)26/h3-12,14-16,24H,13H2,1-2H3. The number of fused-ring (bicyclic) bond motifs is 1. The molecule has 0 saturated heterocycles. The second-order valence-electron chi connectivity index (χ2n) is 7.15. The van der Waals surface area contributed by atoms with Gasteiger partial charge in [0.2, 0.25) is 0 Å². The van der Waals surface area contributed by atoms with Crippen molar-refractivity contribution in [3.8, 4) is 5.75 Å². The van der Waals surface area contributed by atoms with E-state index < -0.39 is 0 Å². The van der Waals surface area contributed by atoms with Gasteiger partial charge in [-0.2, -0.15) is 0 Å². The molecule has 4 rings (SSSR count). The van der Waals surface area contributed by atoms with Gasteiger partial charge in [0.15, 0.2) is 0 Å². The molecule has 2 unspecified atom stereocenters. The summed E-state index contributed by atoms with van der Waals surface area (Å²) in [6.45, 7) is 2.22. The zero-order chi connectivity index (χ0) is 20.4. The molecule has 0 saturated carbocycles. The first-order chi connectivity index (χ1) is 14.1. The Morgan fingerprint density at radius 1 is 1.07 bits per heavy atom. The van der Waals surface area contributed by atoms with Crippen LogP contribution in [0.4, 0.5) is 0 Å². The molecule has 0 radical (unpaired) electrons. The van der Waals surface area contributed by atoms with E-state index in [1.807, 2.05) is 12.1 Å². The van der Waals surface area contributed by atoms with E-state index in [0.717, 1.165) is 11.3 Å². The highest BCUT2D eigenvalue weighted by molar-refractivity contribution is 6.35. The average Bonchev–Trinajstić information content (AvgIpc) is 2.76. The first kappa shape index (κ1) is 19.8. The van der Waals surface area contributed by atoms with Gasteiger partial charge in [0.1, 0.15) is 5.75 Å². The fraction of sp³-hybridized carbons (Fsp3) is 0.208. The Balaban J connectivity index is 1.80. The highest BCUT2D eigenvalue weighted by atomic mass is 35.5. The molecular formula is C24H22Cl2N2O. The Kier molecular flexibility index (Phi) is 5.79. The number of hydrogen-bond donors (Lipinski definition) is 0. The number of aromatic nitrogens is 1. The number of nitrogens with zero attached hydrogens (tertiary/aromatic N) is 2. The van der Waals surface area contributed by atoms with E-state index in [1.54, 1.807) is 19.5 Å². The number of hydrogen-bond acceptors (Lipinski definition) is 3. The second kappa shape index (κ2) is 8.48. The van der Waals surface area contributed by atoms with E-state index in [0.29, 0.717) is 16.5 Å². The predicted molar refractivity (Wildman–Crippen MR) is 119 cm³/mol. The lowest BCUT2D eigenvalue weighted by Gasteiger charge is -2.40. The molecule has 0 fully saturated rings. The molecule has 0 spiro atoms. The zero-order valence-corrected chi connectivity index (χ0v) is 17.9. The summed E-state index contributed by atoms with van der Waals surface area (Å²) in [6, 6.07) is 16.9. The summed E-state index contributed by atoms with van der Waals surface area (Å²) in [5, 5.41) is 1.17. The number of pyridine rings is 1. The number of methoxy groups -OCH3 is 1. The Morgan fingerprint density at radius 3 is 2.48 bits per heavy atom. The van der Waals surface area contributed by atoms with Crippen LogP contribution < -0.4 is 4.74 Å². The lowest BCUT2D eigenvalue weighted by molar-refractivity contribution is 0.214. The summed E-state index contributed by atoms with van der Waals surface area (Å²) in [5.74, 6) is 0.836. The van der Waals surface area contributed by atoms with Crippen LogP contribution in [0.5, 0.6) is 5.75 Å². The largest absolute Gasteiger partial charge is 0.497 e. The van der Waals surface area contributed by atoms with Crippen molar-refractivity contribution >= 4 is 29.3 Å². The highest BCUT2D eigenvalue weighted by Crippen LogP contribution is 2.41. The summed E-state index contributed by atoms with van der Waals surface area (Å²) in [6.07, 6.45) is 8.29. The van der Waals surface area contributed by atoms with Gasteiger partial charge in [-0.05, 0) is 47.4 Å². The monoisotopic (exact) mass is 424 g/mol. The molecule has 1 aliphatic rings. The van der Waals surface area contributed by atoms with Gasteiger partial charge in [-0.3, -0.25) is 4.98 Å². The smallest absolute Gasteiger partial charge is 0.119 e. The van der Waals surface area contributed by atoms with Gasteiger partial charge >= 0.3 is 0 Å². The summed E-state index contributed by atoms with van der Waals surface area (Å²) in [4.78, 5) is 6.46. The molecule has 148 valence electrons. The molecular weight excluding hydrogens is 403 g/mol. The van der Waals surface area contributed by atoms with Crippen LogP contribution in [0, 0.1) is 0 Å². The fourth-order valence-electron chi connectivity index (χ4n) is 3.90. The lowest BCUT2D eigenvalue weighted by atomic mass is 9.89. The number of halogens is 2. The molecule has 5 heteroatoms. The maximum absolute atomic E-state index is 6.47. The van der Waals surface area contributed by atoms with Gasteiger partial charge in [-0.15, -0.1) is 0 Å². The number of rotatable bonds is 5. The molecule has 1 aromatic heterocycles. The van der Waals surface area contributed by atoms with Gasteiger partial charge in [0.25, 0.3) is 0 Å². The van der Waals surface area contributed by atoms with Crippen LogP contribution >= 0.6 is 23.2 Å². The Hall–Kier alpha value is -2.49. The SMILES string of the molecule is COc1ccc2c(c1)C(Cc1c(Cl)cncc1Cl)N(C(C)c1ccccc1)C=C2. The van der Waals surface area contributed by atoms with Gasteiger partial charge in [0, 0.05) is 25.0 Å². The minimum Gasteiger partial charge on any atom is -0.497 e. The van der Waals surface area contributed by atoms with Gasteiger partial charge in [-0.1, -0.05) is 59.6 Å². The van der Waals surface area contributed by atoms with E-state index in [4.69, 9.17) is 27.9 Å². The maximum Gasteiger partial charge on any atom is 0.119 e. The van der Waals surface area contributed by atoms with Crippen LogP contribution in [0.15, 0.2) is 67.1 Å². The van der Waals surface area contributed by atoms with Crippen LogP contribution in [0.2, 0.25) is 10.0 Å². The third-order valence-corrected chi connectivity index (χ3v) is 6.17. The minimum absolute atomic E-state index is 0.0534. The third kappa shape index (κ3) is 3.98. The minimum atomic E-state index is 0.0534. The number of benzene rings is 2. The Bertz CT molecular complexity index is 1020. The number of ether oxygens (including phenoxy) is 1. The molecule has 3 aromatic rings. The average molecular weight is 425 g/mol. The van der Waals surface area contributed by atoms with Crippen LogP contribution in [0.1, 0.15) is 41.3 Å². The Labute approximate surface area is 181 Å². The molecule has 0 aliphatic carbocycles. The van der Waals surface area contributed by atoms with Crippen LogP contribution in [0.3, 0.4) is 0 Å². The van der Waals surface area contributed by atoms with Crippen molar-refractivity contribution in [3.63, 3.8) is 0 Å². The van der Waals surface area contributed by atoms with E-state index in [2.05, 4.69) is 65.5 Å². The molecule has 2 heterocycles. The molecule has 0 bridgehead atoms. The summed E-state index contributed by atoms with van der Waals surface area (Å²) in [7, 11) is 1.69. The van der Waals surface area contributed by atoms with Crippen molar-refractivity contribution in [2.75, 3.05) is 7.11 Å². The molecule has 0 amide bonds. The van der Waals surface area contributed by atoms with Crippen LogP contribution in [0.25, 0.3) is 6.08 Å². The lowest BCUT2D eigenvalue weighted by Crippen LogP contribution is -2.31. The van der Waals surface area contributed by atoms with Crippen LogP contribution in [-0.4, -0.2) is 17.0 Å². The summed E-state index contributed by atoms with van der Waals surface area (Å²) in [5.41, 5.74) is 4.52. The molecule has 2 atom stereocenters. The van der Waals surface area contributed by atoms with E-state index in [-0.39, 0.29) is 12.1 Å². The zero-order valence-electron chi connectivity index (χ0n) is 16.3. The summed E-state index contributed by atoms with van der Waals surface area (Å²) < 4.78 is 5.50. The predicted octanol–water partition coefficient (Wildman–Crippen LogP) is 6.73. The van der Waals surface area contributed by atoms with Gasteiger partial charge in [-0.25, -0.2) is 0 Å². The van der Waals surface area contributed by atoms with E-state index >= 15 is 0 Å². The highest BCUT2D eigenvalue weighted by Gasteiger charge is 2.29. The van der Waals surface area contributed by atoms with Crippen molar-refractivity contribution in [2.45, 2.75) is 25.4 Å². The molecule has 3 nitrogen and oxygen atoms in total. The Morgan fingerprint density at radius 2 is 1.79 bits per heavy atom. The first-order valence-corrected chi connectivity index (χ1v) is 10.3. The maximum atomic E-state index is 6.47. The topological polar surface area (TPSA) is 25.4 Å². The van der Waals surface area contributed by atoms with E-state index in [9.17, 15) is 0 Å². The first-order valence-electron chi connectivity index (χ1n) is 9.55. The van der Waals surface area contributed by atoms with Crippen molar-refractivity contribution in [1.82, 2.24) is 9.88 Å². The van der Waals surface area contributed by atoms with E-state index in [1.165, 1.54) is 16.7 Å². The molecule has 0 N–H and O–H groups in total. The second-order valence-corrected chi connectivity index (χ2v) is 7.96. The molecule has 29 heavy (non-hydrogen) atoms. The quantitative estimate of drug-likeness (QED) is 0.453. The van der Waals surface area contributed by atoms with Crippen molar-refractivity contribution in [1.29, 1.82) is 0 Å². The van der Waals surface area contributed by atoms with Crippen molar-refractivity contribution in [3.05, 3.63) is 99.4 Å². The van der Waals surface area contributed by atoms with Gasteiger partial charge < -0.3 is 9.64 Å². The molecule has 2 aromatic carbocycles. The third-order valence-electron chi connectivity index (χ3n) is 5.52.